The van der Waals surface area contributed by atoms with Crippen LogP contribution in [0.3, 0.4) is 0 Å². The molecular weight excluding hydrogens is 376 g/mol. The molecule has 0 saturated heterocycles. The van der Waals surface area contributed by atoms with Crippen LogP contribution in [0.25, 0.3) is 0 Å². The summed E-state index contributed by atoms with van der Waals surface area (Å²) in [7, 11) is 2.71. The number of halogens is 2. The number of hydrogen-bond donors (Lipinski definition) is 2. The van der Waals surface area contributed by atoms with E-state index in [2.05, 4.69) is 5.32 Å². The highest BCUT2D eigenvalue weighted by molar-refractivity contribution is 5.96. The first-order valence-corrected chi connectivity index (χ1v) is 8.22. The summed E-state index contributed by atoms with van der Waals surface area (Å²) in [5.74, 6) is -2.91. The molecule has 2 aromatic rings. The predicted octanol–water partition coefficient (Wildman–Crippen LogP) is 3.48. The van der Waals surface area contributed by atoms with Crippen molar-refractivity contribution in [2.45, 2.75) is 12.8 Å². The van der Waals surface area contributed by atoms with Crippen molar-refractivity contribution in [2.24, 2.45) is 0 Å². The SMILES string of the molecule is COc1cc(C(=O)O)cc(NC(=O)CCCOc2ccc(F)cc2F)c1OC. The number of amides is 1. The molecule has 0 fully saturated rings. The van der Waals surface area contributed by atoms with Gasteiger partial charge in [0, 0.05) is 12.5 Å². The molecule has 0 aliphatic carbocycles. The smallest absolute Gasteiger partial charge is 0.335 e. The van der Waals surface area contributed by atoms with E-state index in [1.807, 2.05) is 0 Å². The Bertz CT molecular complexity index is 872. The second-order valence-electron chi connectivity index (χ2n) is 5.64. The zero-order valence-electron chi connectivity index (χ0n) is 15.3. The summed E-state index contributed by atoms with van der Waals surface area (Å²) < 4.78 is 41.8. The van der Waals surface area contributed by atoms with Gasteiger partial charge in [-0.15, -0.1) is 0 Å². The Balaban J connectivity index is 1.96. The highest BCUT2D eigenvalue weighted by Gasteiger charge is 2.17. The minimum absolute atomic E-state index is 0.0194. The topological polar surface area (TPSA) is 94.1 Å². The Morgan fingerprint density at radius 1 is 1.07 bits per heavy atom. The second-order valence-corrected chi connectivity index (χ2v) is 5.64. The van der Waals surface area contributed by atoms with Crippen molar-refractivity contribution in [2.75, 3.05) is 26.1 Å². The van der Waals surface area contributed by atoms with E-state index in [-0.39, 0.29) is 47.9 Å². The molecule has 0 saturated carbocycles. The third kappa shape index (κ3) is 5.32. The number of carboxylic acids is 1. The Morgan fingerprint density at radius 2 is 1.82 bits per heavy atom. The number of nitrogens with one attached hydrogen (secondary N) is 1. The Hall–Kier alpha value is -3.36. The van der Waals surface area contributed by atoms with Crippen LogP contribution in [0.5, 0.6) is 17.2 Å². The number of ether oxygens (including phenoxy) is 3. The minimum atomic E-state index is -1.19. The van der Waals surface area contributed by atoms with Gasteiger partial charge in [0.25, 0.3) is 0 Å². The number of benzene rings is 2. The van der Waals surface area contributed by atoms with E-state index in [4.69, 9.17) is 19.3 Å². The maximum Gasteiger partial charge on any atom is 0.335 e. The fourth-order valence-corrected chi connectivity index (χ4v) is 2.40. The molecule has 0 aromatic heterocycles. The minimum Gasteiger partial charge on any atom is -0.493 e. The predicted molar refractivity (Wildman–Crippen MR) is 96.2 cm³/mol. The average molecular weight is 395 g/mol. The summed E-state index contributed by atoms with van der Waals surface area (Å²) >= 11 is 0. The lowest BCUT2D eigenvalue weighted by atomic mass is 10.1. The zero-order chi connectivity index (χ0) is 20.7. The van der Waals surface area contributed by atoms with E-state index in [9.17, 15) is 18.4 Å². The van der Waals surface area contributed by atoms with Crippen molar-refractivity contribution < 1.29 is 37.7 Å². The first-order valence-electron chi connectivity index (χ1n) is 8.22. The maximum absolute atomic E-state index is 13.5. The average Bonchev–Trinajstić information content (AvgIpc) is 2.65. The normalized spacial score (nSPS) is 10.3. The summed E-state index contributed by atoms with van der Waals surface area (Å²) in [6.07, 6.45) is 0.270. The molecule has 0 heterocycles. The van der Waals surface area contributed by atoms with Crippen LogP contribution in [0.4, 0.5) is 14.5 Å². The molecule has 0 aliphatic rings. The van der Waals surface area contributed by atoms with Gasteiger partial charge in [-0.3, -0.25) is 4.79 Å². The Morgan fingerprint density at radius 3 is 2.43 bits per heavy atom. The van der Waals surface area contributed by atoms with Crippen molar-refractivity contribution >= 4 is 17.6 Å². The van der Waals surface area contributed by atoms with E-state index in [1.54, 1.807) is 0 Å². The summed E-state index contributed by atoms with van der Waals surface area (Å²) in [4.78, 5) is 23.4. The lowest BCUT2D eigenvalue weighted by Gasteiger charge is -2.15. The van der Waals surface area contributed by atoms with Gasteiger partial charge in [-0.25, -0.2) is 13.6 Å². The molecule has 2 aromatic carbocycles. The van der Waals surface area contributed by atoms with Crippen molar-refractivity contribution in [1.29, 1.82) is 0 Å². The first kappa shape index (κ1) is 20.9. The van der Waals surface area contributed by atoms with Crippen LogP contribution < -0.4 is 19.5 Å². The molecule has 9 heteroatoms. The lowest BCUT2D eigenvalue weighted by Crippen LogP contribution is -2.14. The summed E-state index contributed by atoms with van der Waals surface area (Å²) in [5, 5.41) is 11.7. The van der Waals surface area contributed by atoms with Gasteiger partial charge < -0.3 is 24.6 Å². The van der Waals surface area contributed by atoms with E-state index < -0.39 is 23.5 Å². The monoisotopic (exact) mass is 395 g/mol. The van der Waals surface area contributed by atoms with Crippen LogP contribution in [0.15, 0.2) is 30.3 Å². The van der Waals surface area contributed by atoms with Gasteiger partial charge in [0.1, 0.15) is 5.82 Å². The molecule has 0 unspecified atom stereocenters. The number of carboxylic acid groups (broad SMARTS) is 1. The van der Waals surface area contributed by atoms with Crippen LogP contribution in [0.1, 0.15) is 23.2 Å². The number of carbonyl (C=O) groups is 2. The number of carbonyl (C=O) groups excluding carboxylic acids is 1. The summed E-state index contributed by atoms with van der Waals surface area (Å²) in [6, 6.07) is 5.48. The highest BCUT2D eigenvalue weighted by Crippen LogP contribution is 2.36. The highest BCUT2D eigenvalue weighted by atomic mass is 19.1. The number of anilines is 1. The molecule has 2 rings (SSSR count). The molecule has 28 heavy (non-hydrogen) atoms. The van der Waals surface area contributed by atoms with Gasteiger partial charge in [-0.05, 0) is 30.7 Å². The fraction of sp³-hybridized carbons (Fsp3) is 0.263. The molecule has 150 valence electrons. The summed E-state index contributed by atoms with van der Waals surface area (Å²) in [6.45, 7) is 0.0333. The summed E-state index contributed by atoms with van der Waals surface area (Å²) in [5.41, 5.74) is 0.0674. The van der Waals surface area contributed by atoms with Gasteiger partial charge in [-0.2, -0.15) is 0 Å². The van der Waals surface area contributed by atoms with Gasteiger partial charge in [0.15, 0.2) is 23.1 Å². The molecule has 0 atom stereocenters. The van der Waals surface area contributed by atoms with Crippen LogP contribution >= 0.6 is 0 Å². The standard InChI is InChI=1S/C19H19F2NO6/c1-26-16-9-11(19(24)25)8-14(18(16)27-2)22-17(23)4-3-7-28-15-6-5-12(20)10-13(15)21/h5-6,8-10H,3-4,7H2,1-2H3,(H,22,23)(H,24,25). The van der Waals surface area contributed by atoms with Gasteiger partial charge in [0.2, 0.25) is 5.91 Å². The van der Waals surface area contributed by atoms with Crippen molar-refractivity contribution in [3.05, 3.63) is 47.5 Å². The molecular formula is C19H19F2NO6. The van der Waals surface area contributed by atoms with E-state index >= 15 is 0 Å². The van der Waals surface area contributed by atoms with Crippen LogP contribution in [0, 0.1) is 11.6 Å². The van der Waals surface area contributed by atoms with Crippen LogP contribution in [-0.2, 0) is 4.79 Å². The lowest BCUT2D eigenvalue weighted by molar-refractivity contribution is -0.116. The Labute approximate surface area is 159 Å². The van der Waals surface area contributed by atoms with E-state index in [1.165, 1.54) is 32.4 Å². The molecule has 0 radical (unpaired) electrons. The number of rotatable bonds is 9. The maximum atomic E-state index is 13.5. The van der Waals surface area contributed by atoms with Crippen LogP contribution in [-0.4, -0.2) is 37.8 Å². The largest absolute Gasteiger partial charge is 0.493 e. The van der Waals surface area contributed by atoms with Crippen LogP contribution in [0.2, 0.25) is 0 Å². The number of hydrogen-bond acceptors (Lipinski definition) is 5. The molecule has 0 spiro atoms. The quantitative estimate of drug-likeness (QED) is 0.632. The van der Waals surface area contributed by atoms with Gasteiger partial charge >= 0.3 is 5.97 Å². The number of methoxy groups -OCH3 is 2. The zero-order valence-corrected chi connectivity index (χ0v) is 15.3. The fourth-order valence-electron chi connectivity index (χ4n) is 2.40. The molecule has 7 nitrogen and oxygen atoms in total. The Kier molecular flexibility index (Phi) is 7.14. The molecule has 1 amide bonds. The van der Waals surface area contributed by atoms with Gasteiger partial charge in [0.05, 0.1) is 32.1 Å². The second kappa shape index (κ2) is 9.54. The van der Waals surface area contributed by atoms with E-state index in [0.717, 1.165) is 6.07 Å². The van der Waals surface area contributed by atoms with E-state index in [0.29, 0.717) is 6.07 Å². The molecule has 2 N–H and O–H groups in total. The van der Waals surface area contributed by atoms with Gasteiger partial charge in [-0.1, -0.05) is 0 Å². The van der Waals surface area contributed by atoms with Crippen molar-refractivity contribution in [1.82, 2.24) is 0 Å². The number of aromatic carboxylic acids is 1. The third-order valence-electron chi connectivity index (χ3n) is 3.70. The third-order valence-corrected chi connectivity index (χ3v) is 3.70. The molecule has 0 bridgehead atoms. The van der Waals surface area contributed by atoms with Crippen molar-refractivity contribution in [3.8, 4) is 17.2 Å². The van der Waals surface area contributed by atoms with Crippen molar-refractivity contribution in [3.63, 3.8) is 0 Å². The first-order chi connectivity index (χ1) is 13.3. The molecule has 0 aliphatic heterocycles.